The van der Waals surface area contributed by atoms with Gasteiger partial charge in [-0.3, -0.25) is 0 Å². The van der Waals surface area contributed by atoms with Crippen LogP contribution in [0, 0.1) is 13.8 Å². The SMILES string of the molecule is Cc1nc(-c2nc(-c3ncoc3C)n(C3CCS(=O)(=O)C3)n2)cs1. The van der Waals surface area contributed by atoms with Gasteiger partial charge in [-0.1, -0.05) is 0 Å². The largest absolute Gasteiger partial charge is 0.448 e. The molecule has 126 valence electrons. The van der Waals surface area contributed by atoms with Crippen molar-refractivity contribution < 1.29 is 12.8 Å². The first-order chi connectivity index (χ1) is 11.4. The van der Waals surface area contributed by atoms with Crippen LogP contribution in [0.2, 0.25) is 0 Å². The molecule has 0 saturated carbocycles. The number of oxazole rings is 1. The van der Waals surface area contributed by atoms with Crippen LogP contribution in [0.1, 0.15) is 23.2 Å². The first-order valence-corrected chi connectivity index (χ1v) is 10.1. The molecule has 0 aromatic carbocycles. The van der Waals surface area contributed by atoms with Crippen molar-refractivity contribution in [2.45, 2.75) is 26.3 Å². The van der Waals surface area contributed by atoms with Crippen LogP contribution in [0.25, 0.3) is 23.0 Å². The van der Waals surface area contributed by atoms with E-state index in [1.54, 1.807) is 11.6 Å². The number of aryl methyl sites for hydroxylation is 2. The highest BCUT2D eigenvalue weighted by Crippen LogP contribution is 2.31. The van der Waals surface area contributed by atoms with Gasteiger partial charge in [0, 0.05) is 5.38 Å². The Morgan fingerprint density at radius 2 is 2.17 bits per heavy atom. The second kappa shape index (κ2) is 5.49. The fourth-order valence-electron chi connectivity index (χ4n) is 2.80. The molecule has 4 rings (SSSR count). The maximum atomic E-state index is 11.9. The summed E-state index contributed by atoms with van der Waals surface area (Å²) in [5.41, 5.74) is 1.25. The Bertz CT molecular complexity index is 1000. The van der Waals surface area contributed by atoms with Gasteiger partial charge in [0.15, 0.2) is 22.1 Å². The highest BCUT2D eigenvalue weighted by atomic mass is 32.2. The average molecular weight is 365 g/mol. The highest BCUT2D eigenvalue weighted by Gasteiger charge is 2.33. The van der Waals surface area contributed by atoms with E-state index < -0.39 is 9.84 Å². The Kier molecular flexibility index (Phi) is 3.53. The van der Waals surface area contributed by atoms with Crippen molar-refractivity contribution in [2.75, 3.05) is 11.5 Å². The van der Waals surface area contributed by atoms with Gasteiger partial charge >= 0.3 is 0 Å². The van der Waals surface area contributed by atoms with E-state index in [4.69, 9.17) is 4.42 Å². The van der Waals surface area contributed by atoms with Crippen molar-refractivity contribution in [1.29, 1.82) is 0 Å². The second-order valence-electron chi connectivity index (χ2n) is 5.77. The van der Waals surface area contributed by atoms with Crippen LogP contribution in [0.15, 0.2) is 16.2 Å². The van der Waals surface area contributed by atoms with Gasteiger partial charge in [-0.25, -0.2) is 28.1 Å². The van der Waals surface area contributed by atoms with E-state index >= 15 is 0 Å². The van der Waals surface area contributed by atoms with E-state index in [0.717, 1.165) is 5.01 Å². The Labute approximate surface area is 142 Å². The third kappa shape index (κ3) is 2.65. The molecule has 1 aliphatic heterocycles. The number of thiazole rings is 1. The summed E-state index contributed by atoms with van der Waals surface area (Å²) in [5.74, 6) is 1.84. The summed E-state index contributed by atoms with van der Waals surface area (Å²) in [6, 6.07) is -0.248. The van der Waals surface area contributed by atoms with E-state index in [9.17, 15) is 8.42 Å². The zero-order valence-corrected chi connectivity index (χ0v) is 14.8. The van der Waals surface area contributed by atoms with Gasteiger partial charge in [0.05, 0.1) is 22.6 Å². The van der Waals surface area contributed by atoms with Gasteiger partial charge in [0.2, 0.25) is 5.82 Å². The summed E-state index contributed by atoms with van der Waals surface area (Å²) in [6.45, 7) is 3.71. The molecule has 0 spiro atoms. The lowest BCUT2D eigenvalue weighted by molar-refractivity contribution is 0.502. The third-order valence-corrected chi connectivity index (χ3v) is 6.51. The Morgan fingerprint density at radius 3 is 2.75 bits per heavy atom. The summed E-state index contributed by atoms with van der Waals surface area (Å²) >= 11 is 1.52. The minimum absolute atomic E-state index is 0.0653. The van der Waals surface area contributed by atoms with Crippen molar-refractivity contribution in [2.24, 2.45) is 0 Å². The molecule has 3 aromatic rings. The molecular weight excluding hydrogens is 350 g/mol. The van der Waals surface area contributed by atoms with Crippen molar-refractivity contribution in [3.05, 3.63) is 22.5 Å². The quantitative estimate of drug-likeness (QED) is 0.699. The Balaban J connectivity index is 1.84. The van der Waals surface area contributed by atoms with Crippen molar-refractivity contribution in [3.8, 4) is 23.0 Å². The maximum absolute atomic E-state index is 11.9. The predicted octanol–water partition coefficient (Wildman–Crippen LogP) is 2.03. The van der Waals surface area contributed by atoms with Crippen LogP contribution in [-0.4, -0.2) is 44.7 Å². The van der Waals surface area contributed by atoms with Crippen LogP contribution in [-0.2, 0) is 9.84 Å². The van der Waals surface area contributed by atoms with Gasteiger partial charge < -0.3 is 4.42 Å². The highest BCUT2D eigenvalue weighted by molar-refractivity contribution is 7.91. The van der Waals surface area contributed by atoms with Crippen molar-refractivity contribution >= 4 is 21.2 Å². The number of sulfone groups is 1. The molecule has 24 heavy (non-hydrogen) atoms. The zero-order valence-electron chi connectivity index (χ0n) is 13.1. The Hall–Kier alpha value is -2.07. The molecule has 1 saturated heterocycles. The summed E-state index contributed by atoms with van der Waals surface area (Å²) < 4.78 is 30.6. The molecule has 1 aliphatic rings. The Morgan fingerprint density at radius 1 is 1.33 bits per heavy atom. The third-order valence-electron chi connectivity index (χ3n) is 3.99. The zero-order chi connectivity index (χ0) is 16.9. The summed E-state index contributed by atoms with van der Waals surface area (Å²) in [6.07, 6.45) is 1.87. The smallest absolute Gasteiger partial charge is 0.201 e. The molecule has 10 heteroatoms. The molecular formula is C14H15N5O3S2. The standard InChI is InChI=1S/C14H15N5O3S2/c1-8-12(15-7-22-8)14-17-13(11-5-23-9(2)16-11)18-19(14)10-3-4-24(20,21)6-10/h5,7,10H,3-4,6H2,1-2H3. The average Bonchev–Trinajstić information content (AvgIpc) is 3.25. The van der Waals surface area contributed by atoms with E-state index in [1.807, 2.05) is 12.3 Å². The number of hydrogen-bond donors (Lipinski definition) is 0. The maximum Gasteiger partial charge on any atom is 0.201 e. The summed E-state index contributed by atoms with van der Waals surface area (Å²) in [4.78, 5) is 13.2. The number of nitrogens with zero attached hydrogens (tertiary/aromatic N) is 5. The summed E-state index contributed by atoms with van der Waals surface area (Å²) in [7, 11) is -3.04. The van der Waals surface area contributed by atoms with E-state index in [-0.39, 0.29) is 17.5 Å². The molecule has 0 bridgehead atoms. The van der Waals surface area contributed by atoms with Gasteiger partial charge in [0.25, 0.3) is 0 Å². The number of rotatable bonds is 3. The van der Waals surface area contributed by atoms with Gasteiger partial charge in [-0.2, -0.15) is 0 Å². The van der Waals surface area contributed by atoms with Crippen LogP contribution >= 0.6 is 11.3 Å². The second-order valence-corrected chi connectivity index (χ2v) is 9.06. The fraction of sp³-hybridized carbons (Fsp3) is 0.429. The topological polar surface area (TPSA) is 104 Å². The van der Waals surface area contributed by atoms with Crippen LogP contribution in [0.5, 0.6) is 0 Å². The first kappa shape index (κ1) is 15.5. The van der Waals surface area contributed by atoms with Crippen molar-refractivity contribution in [3.63, 3.8) is 0 Å². The van der Waals surface area contributed by atoms with Gasteiger partial charge in [0.1, 0.15) is 17.1 Å². The molecule has 1 unspecified atom stereocenters. The molecule has 1 atom stereocenters. The van der Waals surface area contributed by atoms with Gasteiger partial charge in [-0.15, -0.1) is 16.4 Å². The minimum atomic E-state index is -3.04. The van der Waals surface area contributed by atoms with Crippen molar-refractivity contribution in [1.82, 2.24) is 24.7 Å². The molecule has 4 heterocycles. The molecule has 0 radical (unpaired) electrons. The molecule has 1 fully saturated rings. The minimum Gasteiger partial charge on any atom is -0.448 e. The van der Waals surface area contributed by atoms with E-state index in [1.165, 1.54) is 17.7 Å². The molecule has 3 aromatic heterocycles. The van der Waals surface area contributed by atoms with E-state index in [0.29, 0.717) is 35.2 Å². The van der Waals surface area contributed by atoms with Crippen LogP contribution < -0.4 is 0 Å². The van der Waals surface area contributed by atoms with E-state index in [2.05, 4.69) is 20.1 Å². The predicted molar refractivity (Wildman–Crippen MR) is 88.4 cm³/mol. The normalized spacial score (nSPS) is 19.8. The van der Waals surface area contributed by atoms with Crippen LogP contribution in [0.4, 0.5) is 0 Å². The number of hydrogen-bond acceptors (Lipinski definition) is 8. The molecule has 0 aliphatic carbocycles. The fourth-order valence-corrected chi connectivity index (χ4v) is 5.09. The number of aromatic nitrogens is 5. The summed E-state index contributed by atoms with van der Waals surface area (Å²) in [5, 5.41) is 7.35. The molecule has 8 nitrogen and oxygen atoms in total. The lowest BCUT2D eigenvalue weighted by Gasteiger charge is -2.10. The van der Waals surface area contributed by atoms with Crippen LogP contribution in [0.3, 0.4) is 0 Å². The monoisotopic (exact) mass is 365 g/mol. The lowest BCUT2D eigenvalue weighted by Crippen LogP contribution is -2.14. The lowest BCUT2D eigenvalue weighted by atomic mass is 10.2. The molecule has 0 N–H and O–H groups in total. The molecule has 0 amide bonds. The first-order valence-electron chi connectivity index (χ1n) is 7.43. The van der Waals surface area contributed by atoms with Gasteiger partial charge in [-0.05, 0) is 20.3 Å².